The SMILES string of the molecule is CCc1ccc(NC(=O)NCc2nnc(SCc3ccc(F)cc3)n2-c2ccc([N+](=O)[O-])cc2)cc1. The average Bonchev–Trinajstić information content (AvgIpc) is 3.30. The Morgan fingerprint density at radius 1 is 1.00 bits per heavy atom. The number of nitrogens with zero attached hydrogens (tertiary/aromatic N) is 4. The van der Waals surface area contributed by atoms with Crippen LogP contribution < -0.4 is 10.6 Å². The number of nitro benzene ring substituents is 1. The molecule has 3 aromatic carbocycles. The molecule has 2 N–H and O–H groups in total. The number of benzene rings is 3. The number of aryl methyl sites for hydroxylation is 1. The van der Waals surface area contributed by atoms with Gasteiger partial charge in [0.05, 0.1) is 11.5 Å². The van der Waals surface area contributed by atoms with Crippen molar-refractivity contribution in [1.29, 1.82) is 0 Å². The molecule has 2 amide bonds. The molecule has 0 aliphatic rings. The number of non-ortho nitro benzene ring substituents is 1. The lowest BCUT2D eigenvalue weighted by Gasteiger charge is -2.12. The fourth-order valence-corrected chi connectivity index (χ4v) is 4.30. The molecular weight excluding hydrogens is 483 g/mol. The second-order valence-electron chi connectivity index (χ2n) is 7.78. The largest absolute Gasteiger partial charge is 0.331 e. The van der Waals surface area contributed by atoms with Gasteiger partial charge in [-0.1, -0.05) is 43.0 Å². The van der Waals surface area contributed by atoms with Gasteiger partial charge in [-0.2, -0.15) is 0 Å². The lowest BCUT2D eigenvalue weighted by molar-refractivity contribution is -0.384. The summed E-state index contributed by atoms with van der Waals surface area (Å²) < 4.78 is 15.0. The van der Waals surface area contributed by atoms with E-state index < -0.39 is 11.0 Å². The third-order valence-electron chi connectivity index (χ3n) is 5.33. The zero-order valence-electron chi connectivity index (χ0n) is 19.3. The van der Waals surface area contributed by atoms with E-state index in [9.17, 15) is 19.3 Å². The lowest BCUT2D eigenvalue weighted by atomic mass is 10.1. The second kappa shape index (κ2) is 11.5. The molecule has 184 valence electrons. The van der Waals surface area contributed by atoms with Crippen LogP contribution in [0.5, 0.6) is 0 Å². The second-order valence-corrected chi connectivity index (χ2v) is 8.72. The first-order valence-corrected chi connectivity index (χ1v) is 12.1. The van der Waals surface area contributed by atoms with Crippen LogP contribution in [0.1, 0.15) is 23.9 Å². The molecule has 0 bridgehead atoms. The van der Waals surface area contributed by atoms with Crippen molar-refractivity contribution < 1.29 is 14.1 Å². The highest BCUT2D eigenvalue weighted by molar-refractivity contribution is 7.98. The van der Waals surface area contributed by atoms with Crippen molar-refractivity contribution in [2.45, 2.75) is 30.8 Å². The Hall–Kier alpha value is -4.25. The summed E-state index contributed by atoms with van der Waals surface area (Å²) in [5, 5.41) is 25.6. The number of carbonyl (C=O) groups is 1. The number of thioether (sulfide) groups is 1. The summed E-state index contributed by atoms with van der Waals surface area (Å²) in [7, 11) is 0. The van der Waals surface area contributed by atoms with E-state index in [0.29, 0.717) is 28.1 Å². The quantitative estimate of drug-likeness (QED) is 0.176. The summed E-state index contributed by atoms with van der Waals surface area (Å²) in [5.74, 6) is 0.639. The minimum Gasteiger partial charge on any atom is -0.331 e. The highest BCUT2D eigenvalue weighted by Crippen LogP contribution is 2.26. The molecule has 0 radical (unpaired) electrons. The van der Waals surface area contributed by atoms with Crippen LogP contribution in [0.4, 0.5) is 20.6 Å². The van der Waals surface area contributed by atoms with Crippen molar-refractivity contribution in [2.75, 3.05) is 5.32 Å². The third kappa shape index (κ3) is 6.25. The normalized spacial score (nSPS) is 10.7. The van der Waals surface area contributed by atoms with Crippen LogP contribution in [0.15, 0.2) is 78.0 Å². The number of hydrogen-bond acceptors (Lipinski definition) is 6. The Labute approximate surface area is 210 Å². The number of urea groups is 1. The maximum absolute atomic E-state index is 13.2. The minimum absolute atomic E-state index is 0.0412. The predicted octanol–water partition coefficient (Wildman–Crippen LogP) is 5.49. The van der Waals surface area contributed by atoms with Gasteiger partial charge in [-0.3, -0.25) is 14.7 Å². The Bertz CT molecular complexity index is 1340. The van der Waals surface area contributed by atoms with E-state index in [1.165, 1.54) is 41.6 Å². The monoisotopic (exact) mass is 506 g/mol. The molecule has 0 atom stereocenters. The summed E-state index contributed by atoms with van der Waals surface area (Å²) in [4.78, 5) is 23.1. The molecule has 1 aromatic heterocycles. The van der Waals surface area contributed by atoms with E-state index in [4.69, 9.17) is 0 Å². The van der Waals surface area contributed by atoms with Crippen LogP contribution in [0, 0.1) is 15.9 Å². The zero-order valence-corrected chi connectivity index (χ0v) is 20.2. The fourth-order valence-electron chi connectivity index (χ4n) is 3.38. The number of halogens is 1. The highest BCUT2D eigenvalue weighted by atomic mass is 32.2. The molecular formula is C25H23FN6O3S. The summed E-state index contributed by atoms with van der Waals surface area (Å²) in [6.07, 6.45) is 0.909. The number of carbonyl (C=O) groups excluding carboxylic acids is 1. The van der Waals surface area contributed by atoms with Crippen LogP contribution in [0.3, 0.4) is 0 Å². The highest BCUT2D eigenvalue weighted by Gasteiger charge is 2.17. The molecule has 4 rings (SSSR count). The first kappa shape index (κ1) is 24.9. The molecule has 0 spiro atoms. The predicted molar refractivity (Wildman–Crippen MR) is 136 cm³/mol. The molecule has 0 aliphatic carbocycles. The van der Waals surface area contributed by atoms with Gasteiger partial charge in [0.15, 0.2) is 11.0 Å². The van der Waals surface area contributed by atoms with Crippen LogP contribution in [0.2, 0.25) is 0 Å². The van der Waals surface area contributed by atoms with Crippen LogP contribution in [0.25, 0.3) is 5.69 Å². The topological polar surface area (TPSA) is 115 Å². The Morgan fingerprint density at radius 2 is 1.67 bits per heavy atom. The van der Waals surface area contributed by atoms with Gasteiger partial charge in [-0.15, -0.1) is 10.2 Å². The molecule has 0 saturated heterocycles. The van der Waals surface area contributed by atoms with Crippen molar-refractivity contribution in [3.8, 4) is 5.69 Å². The van der Waals surface area contributed by atoms with Crippen molar-refractivity contribution in [2.24, 2.45) is 0 Å². The molecule has 0 unspecified atom stereocenters. The molecule has 4 aromatic rings. The number of nitrogens with one attached hydrogen (secondary N) is 2. The summed E-state index contributed by atoms with van der Waals surface area (Å²) >= 11 is 1.38. The van der Waals surface area contributed by atoms with Crippen molar-refractivity contribution in [1.82, 2.24) is 20.1 Å². The van der Waals surface area contributed by atoms with E-state index >= 15 is 0 Å². The first-order chi connectivity index (χ1) is 17.4. The number of anilines is 1. The van der Waals surface area contributed by atoms with Gasteiger partial charge in [-0.25, -0.2) is 9.18 Å². The maximum atomic E-state index is 13.2. The number of amides is 2. The van der Waals surface area contributed by atoms with Gasteiger partial charge < -0.3 is 10.6 Å². The summed E-state index contributed by atoms with van der Waals surface area (Å²) in [6, 6.07) is 19.3. The van der Waals surface area contributed by atoms with Gasteiger partial charge in [-0.05, 0) is 53.9 Å². The van der Waals surface area contributed by atoms with Crippen LogP contribution in [-0.4, -0.2) is 25.7 Å². The van der Waals surface area contributed by atoms with Gasteiger partial charge >= 0.3 is 6.03 Å². The van der Waals surface area contributed by atoms with Crippen molar-refractivity contribution >= 4 is 29.2 Å². The number of rotatable bonds is 9. The van der Waals surface area contributed by atoms with Crippen LogP contribution >= 0.6 is 11.8 Å². The Balaban J connectivity index is 1.51. The van der Waals surface area contributed by atoms with E-state index in [2.05, 4.69) is 27.8 Å². The molecule has 0 saturated carbocycles. The summed E-state index contributed by atoms with van der Waals surface area (Å²) in [6.45, 7) is 2.13. The number of nitro groups is 1. The number of hydrogen-bond donors (Lipinski definition) is 2. The Kier molecular flexibility index (Phi) is 7.91. The van der Waals surface area contributed by atoms with E-state index in [0.717, 1.165) is 12.0 Å². The molecule has 11 heteroatoms. The minimum atomic E-state index is -0.472. The lowest BCUT2D eigenvalue weighted by Crippen LogP contribution is -2.29. The van der Waals surface area contributed by atoms with Gasteiger partial charge in [0.1, 0.15) is 5.82 Å². The molecule has 0 fully saturated rings. The maximum Gasteiger partial charge on any atom is 0.319 e. The zero-order chi connectivity index (χ0) is 25.5. The third-order valence-corrected chi connectivity index (χ3v) is 6.33. The molecule has 1 heterocycles. The van der Waals surface area contributed by atoms with Gasteiger partial charge in [0.2, 0.25) is 0 Å². The Morgan fingerprint density at radius 3 is 2.31 bits per heavy atom. The van der Waals surface area contributed by atoms with E-state index in [1.807, 2.05) is 24.3 Å². The standard InChI is InChI=1S/C25H23FN6O3S/c1-2-17-5-9-20(10-6-17)28-24(33)27-15-23-29-30-25(36-16-18-3-7-19(26)8-4-18)31(23)21-11-13-22(14-12-21)32(34)35/h3-14H,2,15-16H2,1H3,(H2,27,28,33). The molecule has 0 aliphatic heterocycles. The summed E-state index contributed by atoms with van der Waals surface area (Å²) in [5.41, 5.74) is 3.30. The first-order valence-electron chi connectivity index (χ1n) is 11.1. The van der Waals surface area contributed by atoms with Gasteiger partial charge in [0, 0.05) is 29.3 Å². The van der Waals surface area contributed by atoms with E-state index in [1.54, 1.807) is 28.8 Å². The van der Waals surface area contributed by atoms with Gasteiger partial charge in [0.25, 0.3) is 5.69 Å². The molecule has 36 heavy (non-hydrogen) atoms. The average molecular weight is 507 g/mol. The van der Waals surface area contributed by atoms with Crippen molar-refractivity contribution in [3.05, 3.63) is 106 Å². The smallest absolute Gasteiger partial charge is 0.319 e. The van der Waals surface area contributed by atoms with Crippen molar-refractivity contribution in [3.63, 3.8) is 0 Å². The number of aromatic nitrogens is 3. The van der Waals surface area contributed by atoms with Crippen LogP contribution in [-0.2, 0) is 18.7 Å². The molecule has 9 nitrogen and oxygen atoms in total. The van der Waals surface area contributed by atoms with E-state index in [-0.39, 0.29) is 18.0 Å². The fraction of sp³-hybridized carbons (Fsp3) is 0.160.